The van der Waals surface area contributed by atoms with Crippen LogP contribution in [0.1, 0.15) is 11.1 Å². The van der Waals surface area contributed by atoms with Crippen molar-refractivity contribution in [2.75, 3.05) is 0 Å². The van der Waals surface area contributed by atoms with E-state index in [-0.39, 0.29) is 0 Å². The molecule has 0 saturated heterocycles. The number of aromatic nitrogens is 6. The summed E-state index contributed by atoms with van der Waals surface area (Å²) < 4.78 is 5.40. The zero-order valence-electron chi connectivity index (χ0n) is 13.9. The van der Waals surface area contributed by atoms with Crippen molar-refractivity contribution in [2.45, 2.75) is 13.1 Å². The molecule has 0 aliphatic heterocycles. The molecule has 124 valence electrons. The summed E-state index contributed by atoms with van der Waals surface area (Å²) in [6.07, 6.45) is 5.20. The molecule has 2 heterocycles. The van der Waals surface area contributed by atoms with Gasteiger partial charge in [-0.1, -0.05) is 65.9 Å². The lowest BCUT2D eigenvalue weighted by atomic mass is 10.2. The van der Waals surface area contributed by atoms with Crippen LogP contribution in [0.2, 0.25) is 0 Å². The molecule has 25 heavy (non-hydrogen) atoms. The van der Waals surface area contributed by atoms with Gasteiger partial charge in [-0.2, -0.15) is 4.68 Å². The first-order chi connectivity index (χ1) is 12.3. The molecule has 0 amide bonds. The van der Waals surface area contributed by atoms with E-state index >= 15 is 0 Å². The number of nitrogens with zero attached hydrogens (tertiary/aromatic N) is 6. The number of benzene rings is 2. The van der Waals surface area contributed by atoms with Crippen molar-refractivity contribution in [1.82, 2.24) is 24.9 Å². The fourth-order valence-corrected chi connectivity index (χ4v) is 2.73. The average molecular weight is 330 g/mol. The SMILES string of the molecule is Cn1n[n+](Cc2ccccc2)[c-]c1-c1cn(Cc2ccccc2)nn1. The Hall–Kier alpha value is -3.28. The second-order valence-corrected chi connectivity index (χ2v) is 5.90. The summed E-state index contributed by atoms with van der Waals surface area (Å²) in [6, 6.07) is 20.4. The maximum absolute atomic E-state index is 4.48. The average Bonchev–Trinajstić information content (AvgIpc) is 3.23. The minimum Gasteiger partial charge on any atom is -0.267 e. The van der Waals surface area contributed by atoms with Crippen molar-refractivity contribution < 1.29 is 4.68 Å². The fourth-order valence-electron chi connectivity index (χ4n) is 2.73. The molecule has 0 unspecified atom stereocenters. The largest absolute Gasteiger partial charge is 0.267 e. The Morgan fingerprint density at radius 3 is 2.36 bits per heavy atom. The molecule has 0 radical (unpaired) electrons. The first-order valence-corrected chi connectivity index (χ1v) is 8.13. The first kappa shape index (κ1) is 15.3. The minimum atomic E-state index is 0.673. The lowest BCUT2D eigenvalue weighted by Crippen LogP contribution is -2.36. The van der Waals surface area contributed by atoms with Crippen molar-refractivity contribution >= 4 is 0 Å². The molecule has 6 heteroatoms. The van der Waals surface area contributed by atoms with E-state index in [9.17, 15) is 0 Å². The van der Waals surface area contributed by atoms with Crippen LogP contribution in [0.3, 0.4) is 0 Å². The van der Waals surface area contributed by atoms with E-state index in [2.05, 4.69) is 46.0 Å². The molecule has 0 atom stereocenters. The Kier molecular flexibility index (Phi) is 4.08. The summed E-state index contributed by atoms with van der Waals surface area (Å²) in [5.41, 5.74) is 3.95. The number of aryl methyl sites for hydroxylation is 1. The topological polar surface area (TPSA) is 52.4 Å². The van der Waals surface area contributed by atoms with Crippen LogP contribution in [0, 0.1) is 6.20 Å². The van der Waals surface area contributed by atoms with E-state index < -0.39 is 0 Å². The molecular formula is C19H18N6. The van der Waals surface area contributed by atoms with Crippen molar-refractivity contribution in [3.05, 3.63) is 84.2 Å². The van der Waals surface area contributed by atoms with Gasteiger partial charge in [-0.15, -0.1) is 0 Å². The standard InChI is InChI=1S/C19H18N6/c1-23-19(15-25(22-23)13-17-10-6-3-7-11-17)18-14-24(21-20-18)12-16-8-4-2-5-9-16/h2-11,14H,12-13H2,1H3. The molecule has 0 spiro atoms. The third-order valence-electron chi connectivity index (χ3n) is 3.94. The van der Waals surface area contributed by atoms with Crippen LogP contribution >= 0.6 is 0 Å². The second-order valence-electron chi connectivity index (χ2n) is 5.90. The van der Waals surface area contributed by atoms with E-state index in [0.717, 1.165) is 11.4 Å². The summed E-state index contributed by atoms with van der Waals surface area (Å²) in [7, 11) is 1.89. The first-order valence-electron chi connectivity index (χ1n) is 8.13. The molecule has 0 aliphatic carbocycles. The highest BCUT2D eigenvalue weighted by atomic mass is 15.5. The third-order valence-corrected chi connectivity index (χ3v) is 3.94. The molecule has 2 aromatic carbocycles. The molecule has 0 saturated carbocycles. The molecular weight excluding hydrogens is 312 g/mol. The van der Waals surface area contributed by atoms with Crippen LogP contribution in [0.15, 0.2) is 66.9 Å². The van der Waals surface area contributed by atoms with E-state index in [1.165, 1.54) is 11.1 Å². The Morgan fingerprint density at radius 2 is 1.64 bits per heavy atom. The van der Waals surface area contributed by atoms with Gasteiger partial charge in [0.15, 0.2) is 0 Å². The maximum atomic E-state index is 4.48. The summed E-state index contributed by atoms with van der Waals surface area (Å²) in [4.78, 5) is 0. The molecule has 6 nitrogen and oxygen atoms in total. The van der Waals surface area contributed by atoms with Gasteiger partial charge in [-0.05, 0) is 17.3 Å². The second kappa shape index (κ2) is 6.68. The monoisotopic (exact) mass is 330 g/mol. The molecule has 4 rings (SSSR count). The van der Waals surface area contributed by atoms with Gasteiger partial charge in [-0.3, -0.25) is 4.68 Å². The maximum Gasteiger partial charge on any atom is 0.118 e. The van der Waals surface area contributed by atoms with E-state index in [1.807, 2.05) is 54.3 Å². The van der Waals surface area contributed by atoms with Gasteiger partial charge in [0.05, 0.1) is 24.5 Å². The zero-order chi connectivity index (χ0) is 17.1. The fraction of sp³-hybridized carbons (Fsp3) is 0.158. The number of hydrogen-bond donors (Lipinski definition) is 0. The molecule has 0 fully saturated rings. The predicted octanol–water partition coefficient (Wildman–Crippen LogP) is 1.86. The van der Waals surface area contributed by atoms with E-state index in [1.54, 1.807) is 9.36 Å². The summed E-state index contributed by atoms with van der Waals surface area (Å²) in [5, 5.41) is 13.0. The number of hydrogen-bond acceptors (Lipinski definition) is 3. The van der Waals surface area contributed by atoms with Crippen LogP contribution in [0.25, 0.3) is 11.4 Å². The highest BCUT2D eigenvalue weighted by Gasteiger charge is 2.09. The summed E-state index contributed by atoms with van der Waals surface area (Å²) in [5.74, 6) is 0. The lowest BCUT2D eigenvalue weighted by molar-refractivity contribution is -0.750. The van der Waals surface area contributed by atoms with Gasteiger partial charge in [0.1, 0.15) is 6.54 Å². The van der Waals surface area contributed by atoms with Crippen molar-refractivity contribution in [3.8, 4) is 11.4 Å². The van der Waals surface area contributed by atoms with Gasteiger partial charge >= 0.3 is 0 Å². The van der Waals surface area contributed by atoms with Gasteiger partial charge in [0.25, 0.3) is 0 Å². The Balaban J connectivity index is 1.54. The predicted molar refractivity (Wildman–Crippen MR) is 92.3 cm³/mol. The van der Waals surface area contributed by atoms with E-state index in [4.69, 9.17) is 0 Å². The van der Waals surface area contributed by atoms with Crippen LogP contribution in [0.4, 0.5) is 0 Å². The van der Waals surface area contributed by atoms with Gasteiger partial charge in [0.2, 0.25) is 0 Å². The van der Waals surface area contributed by atoms with Crippen LogP contribution in [-0.2, 0) is 20.1 Å². The van der Waals surface area contributed by atoms with Crippen molar-refractivity contribution in [1.29, 1.82) is 0 Å². The normalized spacial score (nSPS) is 10.9. The molecule has 0 aliphatic rings. The van der Waals surface area contributed by atoms with Gasteiger partial charge < -0.3 is 0 Å². The van der Waals surface area contributed by atoms with Crippen LogP contribution in [-0.4, -0.2) is 24.9 Å². The summed E-state index contributed by atoms with van der Waals surface area (Å²) >= 11 is 0. The highest BCUT2D eigenvalue weighted by molar-refractivity contribution is 5.49. The molecule has 0 bridgehead atoms. The van der Waals surface area contributed by atoms with Gasteiger partial charge in [-0.25, -0.2) is 9.78 Å². The highest BCUT2D eigenvalue weighted by Crippen LogP contribution is 2.13. The Labute approximate surface area is 145 Å². The zero-order valence-corrected chi connectivity index (χ0v) is 13.9. The quantitative estimate of drug-likeness (QED) is 0.415. The summed E-state index contributed by atoms with van der Waals surface area (Å²) in [6.45, 7) is 1.36. The van der Waals surface area contributed by atoms with Crippen molar-refractivity contribution in [2.24, 2.45) is 7.05 Å². The third kappa shape index (κ3) is 3.47. The Bertz CT molecular complexity index is 956. The number of rotatable bonds is 5. The Morgan fingerprint density at radius 1 is 0.960 bits per heavy atom. The molecule has 0 N–H and O–H groups in total. The minimum absolute atomic E-state index is 0.673. The molecule has 4 aromatic rings. The molecule has 2 aromatic heterocycles. The van der Waals surface area contributed by atoms with E-state index in [0.29, 0.717) is 13.1 Å². The lowest BCUT2D eigenvalue weighted by Gasteiger charge is -2.01. The van der Waals surface area contributed by atoms with Crippen LogP contribution in [0.5, 0.6) is 0 Å². The smallest absolute Gasteiger partial charge is 0.118 e. The van der Waals surface area contributed by atoms with Crippen molar-refractivity contribution in [3.63, 3.8) is 0 Å². The van der Waals surface area contributed by atoms with Gasteiger partial charge in [0, 0.05) is 11.9 Å². The van der Waals surface area contributed by atoms with Crippen LogP contribution < -0.4 is 4.68 Å².